The minimum absolute atomic E-state index is 0.131. The van der Waals surface area contributed by atoms with Crippen LogP contribution in [0.25, 0.3) is 0 Å². The van der Waals surface area contributed by atoms with Crippen LogP contribution in [0, 0.1) is 16.7 Å². The van der Waals surface area contributed by atoms with E-state index in [9.17, 15) is 4.79 Å². The summed E-state index contributed by atoms with van der Waals surface area (Å²) in [5.41, 5.74) is 0.628. The molecule has 5 heteroatoms. The van der Waals surface area contributed by atoms with Crippen molar-refractivity contribution in [1.82, 2.24) is 15.5 Å². The van der Waals surface area contributed by atoms with Gasteiger partial charge in [0.2, 0.25) is 5.91 Å². The fourth-order valence-corrected chi connectivity index (χ4v) is 3.90. The number of likely N-dealkylation sites (tertiary alicyclic amines) is 1. The summed E-state index contributed by atoms with van der Waals surface area (Å²) in [5, 5.41) is 6.55. The van der Waals surface area contributed by atoms with Crippen molar-refractivity contribution in [3.63, 3.8) is 0 Å². The summed E-state index contributed by atoms with van der Waals surface area (Å²) < 4.78 is 0. The second-order valence-corrected chi connectivity index (χ2v) is 7.80. The lowest BCUT2D eigenvalue weighted by Crippen LogP contribution is -2.51. The third-order valence-electron chi connectivity index (χ3n) is 5.59. The number of hydrogen-bond donors (Lipinski definition) is 2. The van der Waals surface area contributed by atoms with Gasteiger partial charge in [-0.15, -0.1) is 0 Å². The van der Waals surface area contributed by atoms with Gasteiger partial charge in [-0.25, -0.2) is 0 Å². The average Bonchev–Trinajstić information content (AvgIpc) is 2.89. The summed E-state index contributed by atoms with van der Waals surface area (Å²) in [7, 11) is 1.86. The second kappa shape index (κ2) is 5.18. The molecule has 21 heavy (non-hydrogen) atoms. The Hall–Kier alpha value is -1.26. The lowest BCUT2D eigenvalue weighted by Gasteiger charge is -2.40. The third-order valence-corrected chi connectivity index (χ3v) is 5.59. The van der Waals surface area contributed by atoms with Gasteiger partial charge in [-0.1, -0.05) is 13.8 Å². The first kappa shape index (κ1) is 14.7. The Morgan fingerprint density at radius 3 is 2.86 bits per heavy atom. The highest BCUT2D eigenvalue weighted by molar-refractivity contribution is 5.81. The van der Waals surface area contributed by atoms with Crippen LogP contribution in [0.15, 0.2) is 4.99 Å². The SMILES string of the molecule is CN=C(NCC1CC1(C)C)N1CCCC2(CNC(=O)C2)C1. The number of carbonyl (C=O) groups is 1. The number of amides is 1. The largest absolute Gasteiger partial charge is 0.356 e. The topological polar surface area (TPSA) is 56.7 Å². The average molecular weight is 292 g/mol. The predicted molar refractivity (Wildman–Crippen MR) is 84.1 cm³/mol. The number of hydrogen-bond acceptors (Lipinski definition) is 2. The van der Waals surface area contributed by atoms with Crippen molar-refractivity contribution in [1.29, 1.82) is 0 Å². The number of rotatable bonds is 2. The minimum atomic E-state index is 0.131. The van der Waals surface area contributed by atoms with E-state index in [0.717, 1.165) is 50.9 Å². The van der Waals surface area contributed by atoms with Gasteiger partial charge in [-0.2, -0.15) is 0 Å². The van der Waals surface area contributed by atoms with E-state index in [1.807, 2.05) is 7.05 Å². The highest BCUT2D eigenvalue weighted by atomic mass is 16.1. The van der Waals surface area contributed by atoms with Crippen LogP contribution in [0.5, 0.6) is 0 Å². The molecule has 0 aromatic rings. The maximum atomic E-state index is 11.6. The van der Waals surface area contributed by atoms with Crippen molar-refractivity contribution in [2.45, 2.75) is 39.5 Å². The van der Waals surface area contributed by atoms with E-state index in [-0.39, 0.29) is 11.3 Å². The fourth-order valence-electron chi connectivity index (χ4n) is 3.90. The zero-order valence-electron chi connectivity index (χ0n) is 13.5. The third kappa shape index (κ3) is 3.01. The molecule has 2 atom stereocenters. The van der Waals surface area contributed by atoms with Gasteiger partial charge < -0.3 is 15.5 Å². The summed E-state index contributed by atoms with van der Waals surface area (Å²) in [6, 6.07) is 0. The Kier molecular flexibility index (Phi) is 3.62. The highest BCUT2D eigenvalue weighted by Gasteiger charge is 2.46. The summed E-state index contributed by atoms with van der Waals surface area (Å²) in [5.74, 6) is 1.98. The molecule has 0 radical (unpaired) electrons. The fraction of sp³-hybridized carbons (Fsp3) is 0.875. The van der Waals surface area contributed by atoms with Crippen molar-refractivity contribution < 1.29 is 4.79 Å². The molecule has 2 heterocycles. The molecule has 3 fully saturated rings. The van der Waals surface area contributed by atoms with E-state index in [4.69, 9.17) is 0 Å². The van der Waals surface area contributed by atoms with E-state index in [1.165, 1.54) is 6.42 Å². The van der Waals surface area contributed by atoms with Crippen molar-refractivity contribution in [3.05, 3.63) is 0 Å². The van der Waals surface area contributed by atoms with Crippen molar-refractivity contribution in [2.75, 3.05) is 33.2 Å². The van der Waals surface area contributed by atoms with Crippen LogP contribution in [-0.2, 0) is 4.79 Å². The van der Waals surface area contributed by atoms with Crippen LogP contribution >= 0.6 is 0 Å². The monoisotopic (exact) mass is 292 g/mol. The van der Waals surface area contributed by atoms with Gasteiger partial charge in [0, 0.05) is 45.1 Å². The first-order valence-corrected chi connectivity index (χ1v) is 8.16. The summed E-state index contributed by atoms with van der Waals surface area (Å²) in [6.45, 7) is 8.49. The number of guanidine groups is 1. The van der Waals surface area contributed by atoms with Crippen LogP contribution in [0.1, 0.15) is 39.5 Å². The maximum Gasteiger partial charge on any atom is 0.220 e. The van der Waals surface area contributed by atoms with E-state index >= 15 is 0 Å². The number of nitrogens with one attached hydrogen (secondary N) is 2. The van der Waals surface area contributed by atoms with Crippen molar-refractivity contribution in [2.24, 2.45) is 21.7 Å². The summed E-state index contributed by atoms with van der Waals surface area (Å²) >= 11 is 0. The molecule has 2 unspecified atom stereocenters. The van der Waals surface area contributed by atoms with Gasteiger partial charge in [-0.05, 0) is 30.6 Å². The van der Waals surface area contributed by atoms with Crippen LogP contribution < -0.4 is 10.6 Å². The molecule has 1 aliphatic carbocycles. The first-order valence-electron chi connectivity index (χ1n) is 8.16. The molecule has 1 amide bonds. The zero-order chi connectivity index (χ0) is 15.1. The zero-order valence-corrected chi connectivity index (χ0v) is 13.5. The molecule has 1 saturated carbocycles. The van der Waals surface area contributed by atoms with Gasteiger partial charge in [-0.3, -0.25) is 9.79 Å². The van der Waals surface area contributed by atoms with Crippen LogP contribution in [0.4, 0.5) is 0 Å². The highest BCUT2D eigenvalue weighted by Crippen LogP contribution is 2.51. The Morgan fingerprint density at radius 1 is 1.52 bits per heavy atom. The van der Waals surface area contributed by atoms with Gasteiger partial charge in [0.1, 0.15) is 0 Å². The van der Waals surface area contributed by atoms with Crippen LogP contribution in [-0.4, -0.2) is 50.0 Å². The standard InChI is InChI=1S/C16H28N4O/c1-15(2)7-12(15)9-18-14(17-3)20-6-4-5-16(11-20)8-13(21)19-10-16/h12H,4-11H2,1-3H3,(H,17,18)(H,19,21). The number of aliphatic imine (C=N–C) groups is 1. The summed E-state index contributed by atoms with van der Waals surface area (Å²) in [4.78, 5) is 18.4. The van der Waals surface area contributed by atoms with E-state index in [2.05, 4.69) is 34.4 Å². The molecule has 5 nitrogen and oxygen atoms in total. The van der Waals surface area contributed by atoms with Gasteiger partial charge in [0.05, 0.1) is 0 Å². The number of carbonyl (C=O) groups excluding carboxylic acids is 1. The minimum Gasteiger partial charge on any atom is -0.356 e. The molecule has 2 aliphatic heterocycles. The molecular formula is C16H28N4O. The van der Waals surface area contributed by atoms with E-state index in [1.54, 1.807) is 0 Å². The molecule has 3 rings (SSSR count). The number of piperidine rings is 1. The Balaban J connectivity index is 1.58. The molecule has 0 bridgehead atoms. The summed E-state index contributed by atoms with van der Waals surface area (Å²) in [6.07, 6.45) is 4.27. The molecule has 2 saturated heterocycles. The Morgan fingerprint density at radius 2 is 2.29 bits per heavy atom. The quantitative estimate of drug-likeness (QED) is 0.594. The van der Waals surface area contributed by atoms with Gasteiger partial charge in [0.15, 0.2) is 5.96 Å². The van der Waals surface area contributed by atoms with E-state index in [0.29, 0.717) is 11.8 Å². The molecule has 1 spiro atoms. The molecular weight excluding hydrogens is 264 g/mol. The predicted octanol–water partition coefficient (Wildman–Crippen LogP) is 1.21. The first-order chi connectivity index (χ1) is 9.94. The lowest BCUT2D eigenvalue weighted by atomic mass is 9.79. The maximum absolute atomic E-state index is 11.6. The Labute approximate surface area is 127 Å². The molecule has 0 aromatic carbocycles. The van der Waals surface area contributed by atoms with Gasteiger partial charge >= 0.3 is 0 Å². The second-order valence-electron chi connectivity index (χ2n) is 7.80. The van der Waals surface area contributed by atoms with Gasteiger partial charge in [0.25, 0.3) is 0 Å². The smallest absolute Gasteiger partial charge is 0.220 e. The Bertz CT molecular complexity index is 459. The van der Waals surface area contributed by atoms with Crippen LogP contribution in [0.2, 0.25) is 0 Å². The normalized spacial score (nSPS) is 35.0. The lowest BCUT2D eigenvalue weighted by molar-refractivity contribution is -0.119. The molecule has 0 aromatic heterocycles. The number of nitrogens with zero attached hydrogens (tertiary/aromatic N) is 2. The van der Waals surface area contributed by atoms with E-state index < -0.39 is 0 Å². The molecule has 118 valence electrons. The van der Waals surface area contributed by atoms with Crippen molar-refractivity contribution >= 4 is 11.9 Å². The van der Waals surface area contributed by atoms with Crippen LogP contribution in [0.3, 0.4) is 0 Å². The molecule has 3 aliphatic rings. The molecule has 2 N–H and O–H groups in total. The van der Waals surface area contributed by atoms with Crippen molar-refractivity contribution in [3.8, 4) is 0 Å².